The zero-order valence-electron chi connectivity index (χ0n) is 22.2. The Hall–Kier alpha value is -2.97. The molecule has 1 atom stereocenters. The molecule has 2 fully saturated rings. The molecule has 11 heteroatoms. The molecule has 0 aliphatic carbocycles. The maximum atomic E-state index is 12.3. The second kappa shape index (κ2) is 12.7. The highest BCUT2D eigenvalue weighted by atomic mass is 35.5. The molecule has 10 nitrogen and oxygen atoms in total. The Kier molecular flexibility index (Phi) is 9.39. The molecule has 2 aliphatic rings. The zero-order chi connectivity index (χ0) is 27.2. The van der Waals surface area contributed by atoms with Crippen LogP contribution in [-0.4, -0.2) is 88.7 Å². The van der Waals surface area contributed by atoms with Crippen LogP contribution in [0.2, 0.25) is 5.15 Å². The number of piperidine rings is 1. The molecule has 0 unspecified atom stereocenters. The van der Waals surface area contributed by atoms with Gasteiger partial charge in [-0.25, -0.2) is 9.97 Å². The first-order chi connectivity index (χ1) is 18.3. The van der Waals surface area contributed by atoms with Crippen LogP contribution >= 0.6 is 11.6 Å². The molecule has 4 N–H and O–H groups in total. The summed E-state index contributed by atoms with van der Waals surface area (Å²) in [5.41, 5.74) is 9.02. The van der Waals surface area contributed by atoms with Crippen LogP contribution in [0, 0.1) is 18.3 Å². The van der Waals surface area contributed by atoms with E-state index in [0.717, 1.165) is 75.2 Å². The van der Waals surface area contributed by atoms with Crippen LogP contribution in [0.3, 0.4) is 0 Å². The Balaban J connectivity index is 1.36. The minimum Gasteiger partial charge on any atom is -0.395 e. The largest absolute Gasteiger partial charge is 0.395 e. The van der Waals surface area contributed by atoms with Crippen LogP contribution in [0.15, 0.2) is 18.2 Å². The van der Waals surface area contributed by atoms with Gasteiger partial charge in [0.15, 0.2) is 22.5 Å². The summed E-state index contributed by atoms with van der Waals surface area (Å²) >= 11 is 6.46. The highest BCUT2D eigenvalue weighted by molar-refractivity contribution is 6.32. The lowest BCUT2D eigenvalue weighted by molar-refractivity contribution is 0.0610. The molecule has 0 radical (unpaired) electrons. The van der Waals surface area contributed by atoms with Crippen molar-refractivity contribution >= 4 is 29.1 Å². The number of anilines is 2. The van der Waals surface area contributed by atoms with Gasteiger partial charge in [-0.1, -0.05) is 30.7 Å². The molecule has 204 valence electrons. The van der Waals surface area contributed by atoms with Crippen LogP contribution in [-0.2, 0) is 6.54 Å². The Morgan fingerprint density at radius 2 is 2.03 bits per heavy atom. The number of amides is 1. The average Bonchev–Trinajstić information content (AvgIpc) is 2.93. The van der Waals surface area contributed by atoms with Crippen LogP contribution in [0.4, 0.5) is 11.6 Å². The standard InChI is InChI=1S/C27H37ClN8O2/c1-3-21-17-35(26-24(28)32-23(25(30)33-26)27(38)31-8-13-37)11-12-36(21)22-6-9-34(10-7-22)16-19-5-4-18(2)14-20(19)15-29/h4-5,14,21-22,37H,3,6-13,16-17H2,1-2H3,(H2,30,33)(H,31,38)/t21-/m0/s1. The summed E-state index contributed by atoms with van der Waals surface area (Å²) in [5.74, 6) is 0.0179. The summed E-state index contributed by atoms with van der Waals surface area (Å²) in [6, 6.07) is 9.33. The van der Waals surface area contributed by atoms with Crippen molar-refractivity contribution in [3.63, 3.8) is 0 Å². The van der Waals surface area contributed by atoms with Crippen LogP contribution < -0.4 is 16.0 Å². The minimum atomic E-state index is -0.508. The molecule has 38 heavy (non-hydrogen) atoms. The van der Waals surface area contributed by atoms with E-state index in [2.05, 4.69) is 55.1 Å². The van der Waals surface area contributed by atoms with E-state index in [4.69, 9.17) is 22.4 Å². The van der Waals surface area contributed by atoms with Gasteiger partial charge in [0.25, 0.3) is 5.91 Å². The fourth-order valence-electron chi connectivity index (χ4n) is 5.53. The number of aryl methyl sites for hydroxylation is 1. The smallest absolute Gasteiger partial charge is 0.273 e. The van der Waals surface area contributed by atoms with Gasteiger partial charge in [0.2, 0.25) is 0 Å². The number of nitrogens with zero attached hydrogens (tertiary/aromatic N) is 6. The molecule has 0 spiro atoms. The van der Waals surface area contributed by atoms with E-state index >= 15 is 0 Å². The quantitative estimate of drug-likeness (QED) is 0.460. The molecule has 0 bridgehead atoms. The van der Waals surface area contributed by atoms with E-state index in [1.165, 1.54) is 0 Å². The predicted octanol–water partition coefficient (Wildman–Crippen LogP) is 2.18. The van der Waals surface area contributed by atoms with Crippen molar-refractivity contribution in [1.82, 2.24) is 25.1 Å². The summed E-state index contributed by atoms with van der Waals surface area (Å²) in [6.45, 7) is 9.36. The molecule has 4 rings (SSSR count). The number of hydrogen-bond donors (Lipinski definition) is 3. The summed E-state index contributed by atoms with van der Waals surface area (Å²) in [4.78, 5) is 28.1. The van der Waals surface area contributed by atoms with Crippen LogP contribution in [0.5, 0.6) is 0 Å². The first kappa shape index (κ1) is 28.0. The predicted molar refractivity (Wildman–Crippen MR) is 148 cm³/mol. The number of aromatic nitrogens is 2. The number of carbonyl (C=O) groups is 1. The second-order valence-electron chi connectivity index (χ2n) is 10.1. The molecule has 2 saturated heterocycles. The van der Waals surface area contributed by atoms with E-state index in [0.29, 0.717) is 17.9 Å². The number of hydrogen-bond acceptors (Lipinski definition) is 9. The van der Waals surface area contributed by atoms with Gasteiger partial charge >= 0.3 is 0 Å². The number of rotatable bonds is 8. The minimum absolute atomic E-state index is 0.0239. The molecular formula is C27H37ClN8O2. The topological polar surface area (TPSA) is 135 Å². The lowest BCUT2D eigenvalue weighted by Crippen LogP contribution is -2.58. The summed E-state index contributed by atoms with van der Waals surface area (Å²) < 4.78 is 0. The Bertz CT molecular complexity index is 1180. The second-order valence-corrected chi connectivity index (χ2v) is 10.4. The number of benzene rings is 1. The van der Waals surface area contributed by atoms with Gasteiger partial charge in [0.1, 0.15) is 0 Å². The molecule has 3 heterocycles. The van der Waals surface area contributed by atoms with Gasteiger partial charge in [0.05, 0.1) is 18.2 Å². The van der Waals surface area contributed by atoms with Crippen LogP contribution in [0.25, 0.3) is 0 Å². The molecular weight excluding hydrogens is 504 g/mol. The third kappa shape index (κ3) is 6.35. The highest BCUT2D eigenvalue weighted by Gasteiger charge is 2.34. The summed E-state index contributed by atoms with van der Waals surface area (Å²) in [6.07, 6.45) is 3.18. The van der Waals surface area contributed by atoms with E-state index in [1.54, 1.807) is 0 Å². The van der Waals surface area contributed by atoms with Gasteiger partial charge in [-0.15, -0.1) is 0 Å². The van der Waals surface area contributed by atoms with Crippen molar-refractivity contribution < 1.29 is 9.90 Å². The van der Waals surface area contributed by atoms with Gasteiger partial charge in [-0.3, -0.25) is 14.6 Å². The van der Waals surface area contributed by atoms with Gasteiger partial charge in [-0.05, 0) is 56.5 Å². The van der Waals surface area contributed by atoms with Crippen molar-refractivity contribution in [2.45, 2.75) is 51.7 Å². The fraction of sp³-hybridized carbons (Fsp3) is 0.556. The van der Waals surface area contributed by atoms with Gasteiger partial charge in [0, 0.05) is 44.8 Å². The van der Waals surface area contributed by atoms with Crippen molar-refractivity contribution in [3.8, 4) is 6.07 Å². The third-order valence-corrected chi connectivity index (χ3v) is 7.83. The number of aliphatic hydroxyl groups excluding tert-OH is 1. The SMILES string of the molecule is CC[C@H]1CN(c2nc(N)c(C(=O)NCCO)nc2Cl)CCN1C1CCN(Cc2ccc(C)cc2C#N)CC1. The number of nitriles is 1. The molecule has 1 amide bonds. The number of aliphatic hydroxyl groups is 1. The maximum Gasteiger partial charge on any atom is 0.273 e. The first-order valence-electron chi connectivity index (χ1n) is 13.3. The van der Waals surface area contributed by atoms with E-state index < -0.39 is 5.91 Å². The van der Waals surface area contributed by atoms with Crippen LogP contribution in [0.1, 0.15) is 53.4 Å². The zero-order valence-corrected chi connectivity index (χ0v) is 22.9. The van der Waals surface area contributed by atoms with Crippen molar-refractivity contribution in [2.24, 2.45) is 0 Å². The molecule has 0 saturated carbocycles. The summed E-state index contributed by atoms with van der Waals surface area (Å²) in [5, 5.41) is 21.1. The number of likely N-dealkylation sites (tertiary alicyclic amines) is 1. The molecule has 2 aliphatic heterocycles. The third-order valence-electron chi connectivity index (χ3n) is 7.58. The van der Waals surface area contributed by atoms with E-state index in [9.17, 15) is 10.1 Å². The van der Waals surface area contributed by atoms with Crippen molar-refractivity contribution in [2.75, 3.05) is 56.5 Å². The number of nitrogens with two attached hydrogens (primary N) is 1. The van der Waals surface area contributed by atoms with Crippen molar-refractivity contribution in [1.29, 1.82) is 5.26 Å². The first-order valence-corrected chi connectivity index (χ1v) is 13.7. The van der Waals surface area contributed by atoms with E-state index in [1.807, 2.05) is 13.0 Å². The number of carbonyl (C=O) groups excluding carboxylic acids is 1. The average molecular weight is 541 g/mol. The normalized spacial score (nSPS) is 19.3. The number of nitrogen functional groups attached to an aromatic ring is 1. The molecule has 2 aromatic rings. The lowest BCUT2D eigenvalue weighted by Gasteiger charge is -2.47. The number of halogens is 1. The van der Waals surface area contributed by atoms with Gasteiger partial charge < -0.3 is 21.1 Å². The number of piperazine rings is 1. The Labute approximate surface area is 229 Å². The summed E-state index contributed by atoms with van der Waals surface area (Å²) in [7, 11) is 0. The Morgan fingerprint density at radius 3 is 2.71 bits per heavy atom. The van der Waals surface area contributed by atoms with E-state index in [-0.39, 0.29) is 29.8 Å². The molecule has 1 aromatic heterocycles. The maximum absolute atomic E-state index is 12.3. The molecule has 1 aromatic carbocycles. The number of nitrogens with one attached hydrogen (secondary N) is 1. The van der Waals surface area contributed by atoms with Crippen molar-refractivity contribution in [3.05, 3.63) is 45.7 Å². The highest BCUT2D eigenvalue weighted by Crippen LogP contribution is 2.30. The fourth-order valence-corrected chi connectivity index (χ4v) is 5.77. The lowest BCUT2D eigenvalue weighted by atomic mass is 9.97. The monoisotopic (exact) mass is 540 g/mol. The Morgan fingerprint density at radius 1 is 1.26 bits per heavy atom. The van der Waals surface area contributed by atoms with Gasteiger partial charge in [-0.2, -0.15) is 5.26 Å².